The van der Waals surface area contributed by atoms with Crippen molar-refractivity contribution in [2.24, 2.45) is 0 Å². The van der Waals surface area contributed by atoms with Crippen LogP contribution in [0.3, 0.4) is 0 Å². The summed E-state index contributed by atoms with van der Waals surface area (Å²) in [5.74, 6) is 0.419. The molecule has 0 amide bonds. The summed E-state index contributed by atoms with van der Waals surface area (Å²) in [6.45, 7) is 2.29. The summed E-state index contributed by atoms with van der Waals surface area (Å²) < 4.78 is 0. The Morgan fingerprint density at radius 3 is 1.44 bits per heavy atom. The number of rotatable bonds is 14. The molecule has 3 aromatic rings. The number of benzene rings is 3. The second kappa shape index (κ2) is 13.6. The molecule has 0 saturated heterocycles. The molecule has 0 fully saturated rings. The lowest BCUT2D eigenvalue weighted by molar-refractivity contribution is 0.477. The molecule has 3 aromatic carbocycles. The van der Waals surface area contributed by atoms with E-state index < -0.39 is 0 Å². The maximum atomic E-state index is 3.29. The number of hydrogen-bond acceptors (Lipinski definition) is 0. The molecule has 0 nitrogen and oxygen atoms in total. The predicted molar refractivity (Wildman–Crippen MR) is 144 cm³/mol. The van der Waals surface area contributed by atoms with Crippen LogP contribution in [0.15, 0.2) is 91.0 Å². The van der Waals surface area contributed by atoms with Crippen molar-refractivity contribution < 1.29 is 0 Å². The normalized spacial score (nSPS) is 12.6. The monoisotopic (exact) mass is 444 g/mol. The van der Waals surface area contributed by atoms with Crippen molar-refractivity contribution in [3.05, 3.63) is 108 Å². The molecule has 1 heteroatoms. The average molecular weight is 445 g/mol. The van der Waals surface area contributed by atoms with Crippen LogP contribution in [0.5, 0.6) is 0 Å². The molecule has 0 aliphatic carbocycles. The van der Waals surface area contributed by atoms with Gasteiger partial charge in [-0.1, -0.05) is 156 Å². The van der Waals surface area contributed by atoms with Crippen molar-refractivity contribution in [1.82, 2.24) is 0 Å². The summed E-state index contributed by atoms with van der Waals surface area (Å²) in [7, 11) is 3.29. The molecule has 0 N–H and O–H groups in total. The first-order valence-electron chi connectivity index (χ1n) is 12.7. The van der Waals surface area contributed by atoms with E-state index in [-0.39, 0.29) is 5.16 Å². The van der Waals surface area contributed by atoms with Crippen LogP contribution in [0.2, 0.25) is 0 Å². The van der Waals surface area contributed by atoms with E-state index in [1.54, 1.807) is 0 Å². The summed E-state index contributed by atoms with van der Waals surface area (Å²) in [4.78, 5) is 0. The molecule has 3 rings (SSSR count). The Bertz CT molecular complexity index is 817. The van der Waals surface area contributed by atoms with Crippen LogP contribution in [-0.4, -0.2) is 0 Å². The lowest BCUT2D eigenvalue weighted by atomic mass is 9.74. The van der Waals surface area contributed by atoms with Gasteiger partial charge in [-0.05, 0) is 23.1 Å². The van der Waals surface area contributed by atoms with Gasteiger partial charge in [0.15, 0.2) is 0 Å². The molecule has 0 radical (unpaired) electrons. The smallest absolute Gasteiger partial charge is 0.0412 e. The second-order valence-corrected chi connectivity index (χ2v) is 10.1. The largest absolute Gasteiger partial charge is 0.121 e. The first-order valence-corrected chi connectivity index (χ1v) is 13.3. The van der Waals surface area contributed by atoms with Crippen LogP contribution >= 0.6 is 9.24 Å². The minimum atomic E-state index is -0.135. The Morgan fingerprint density at radius 2 is 0.969 bits per heavy atom. The van der Waals surface area contributed by atoms with Gasteiger partial charge in [-0.15, -0.1) is 9.24 Å². The van der Waals surface area contributed by atoms with Gasteiger partial charge in [0.05, 0.1) is 0 Å². The predicted octanol–water partition coefficient (Wildman–Crippen LogP) is 9.51. The standard InChI is InChI=1S/C31H41P/c1-2-3-4-5-6-7-8-9-19-26-30(27-20-13-10-14-21-27)31(32,28-22-15-11-16-23-28)29-24-17-12-18-25-29/h10-18,20-25,30H,2-9,19,26,32H2,1H3. The lowest BCUT2D eigenvalue weighted by Gasteiger charge is -2.39. The maximum Gasteiger partial charge on any atom is 0.0412 e. The van der Waals surface area contributed by atoms with Crippen molar-refractivity contribution in [3.8, 4) is 0 Å². The van der Waals surface area contributed by atoms with Crippen molar-refractivity contribution >= 4 is 9.24 Å². The van der Waals surface area contributed by atoms with Gasteiger partial charge < -0.3 is 0 Å². The summed E-state index contributed by atoms with van der Waals surface area (Å²) in [5.41, 5.74) is 4.19. The van der Waals surface area contributed by atoms with E-state index in [9.17, 15) is 0 Å². The van der Waals surface area contributed by atoms with Crippen LogP contribution in [0.25, 0.3) is 0 Å². The number of unbranched alkanes of at least 4 members (excludes halogenated alkanes) is 8. The van der Waals surface area contributed by atoms with E-state index in [0.717, 1.165) is 0 Å². The van der Waals surface area contributed by atoms with E-state index in [2.05, 4.69) is 107 Å². The van der Waals surface area contributed by atoms with Gasteiger partial charge in [-0.2, -0.15) is 0 Å². The molecule has 0 saturated carbocycles. The van der Waals surface area contributed by atoms with E-state index in [0.29, 0.717) is 5.92 Å². The van der Waals surface area contributed by atoms with Gasteiger partial charge in [-0.25, -0.2) is 0 Å². The van der Waals surface area contributed by atoms with E-state index in [1.807, 2.05) is 0 Å². The van der Waals surface area contributed by atoms with E-state index in [1.165, 1.54) is 80.9 Å². The van der Waals surface area contributed by atoms with Crippen LogP contribution in [0.4, 0.5) is 0 Å². The first-order chi connectivity index (χ1) is 15.8. The van der Waals surface area contributed by atoms with Crippen molar-refractivity contribution in [2.75, 3.05) is 0 Å². The zero-order valence-corrected chi connectivity index (χ0v) is 21.0. The van der Waals surface area contributed by atoms with Gasteiger partial charge >= 0.3 is 0 Å². The molecular weight excluding hydrogens is 403 g/mol. The summed E-state index contributed by atoms with van der Waals surface area (Å²) in [6.07, 6.45) is 13.5. The zero-order valence-electron chi connectivity index (χ0n) is 19.9. The molecule has 2 atom stereocenters. The highest BCUT2D eigenvalue weighted by molar-refractivity contribution is 7.19. The fourth-order valence-corrected chi connectivity index (χ4v) is 5.74. The molecule has 0 aromatic heterocycles. The average Bonchev–Trinajstić information content (AvgIpc) is 2.86. The second-order valence-electron chi connectivity index (χ2n) is 9.18. The highest BCUT2D eigenvalue weighted by atomic mass is 31.0. The molecule has 0 aliphatic rings. The van der Waals surface area contributed by atoms with Crippen LogP contribution in [0.1, 0.15) is 93.7 Å². The molecule has 2 unspecified atom stereocenters. The SMILES string of the molecule is CCCCCCCCCCCC(c1ccccc1)C(P)(c1ccccc1)c1ccccc1. The highest BCUT2D eigenvalue weighted by Crippen LogP contribution is 2.51. The van der Waals surface area contributed by atoms with Crippen molar-refractivity contribution in [1.29, 1.82) is 0 Å². The van der Waals surface area contributed by atoms with Crippen molar-refractivity contribution in [3.63, 3.8) is 0 Å². The topological polar surface area (TPSA) is 0 Å². The maximum absolute atomic E-state index is 3.29. The molecule has 0 spiro atoms. The van der Waals surface area contributed by atoms with Gasteiger partial charge in [0.2, 0.25) is 0 Å². The minimum Gasteiger partial charge on any atom is -0.121 e. The molecule has 0 bridgehead atoms. The highest BCUT2D eigenvalue weighted by Gasteiger charge is 2.38. The fraction of sp³-hybridized carbons (Fsp3) is 0.419. The lowest BCUT2D eigenvalue weighted by Crippen LogP contribution is -2.29. The zero-order chi connectivity index (χ0) is 22.5. The van der Waals surface area contributed by atoms with Crippen LogP contribution in [0, 0.1) is 0 Å². The molecular formula is C31H41P. The van der Waals surface area contributed by atoms with Crippen LogP contribution in [-0.2, 0) is 5.16 Å². The number of hydrogen-bond donors (Lipinski definition) is 0. The Labute approximate surface area is 199 Å². The molecule has 32 heavy (non-hydrogen) atoms. The van der Waals surface area contributed by atoms with Gasteiger partial charge in [0, 0.05) is 11.1 Å². The molecule has 0 heterocycles. The van der Waals surface area contributed by atoms with Gasteiger partial charge in [0.25, 0.3) is 0 Å². The van der Waals surface area contributed by atoms with Crippen molar-refractivity contribution in [2.45, 2.75) is 82.2 Å². The van der Waals surface area contributed by atoms with Crippen LogP contribution < -0.4 is 0 Å². The minimum absolute atomic E-state index is 0.135. The third-order valence-corrected chi connectivity index (χ3v) is 7.92. The fourth-order valence-electron chi connectivity index (χ4n) is 5.00. The molecule has 0 aliphatic heterocycles. The Kier molecular flexibility index (Phi) is 10.5. The third-order valence-electron chi connectivity index (χ3n) is 6.85. The summed E-state index contributed by atoms with van der Waals surface area (Å²) >= 11 is 0. The third kappa shape index (κ3) is 6.79. The summed E-state index contributed by atoms with van der Waals surface area (Å²) in [6, 6.07) is 33.3. The Balaban J connectivity index is 1.76. The Morgan fingerprint density at radius 1 is 0.562 bits per heavy atom. The summed E-state index contributed by atoms with van der Waals surface area (Å²) in [5, 5.41) is -0.135. The van der Waals surface area contributed by atoms with E-state index in [4.69, 9.17) is 0 Å². The first kappa shape index (κ1) is 24.7. The molecule has 170 valence electrons. The quantitative estimate of drug-likeness (QED) is 0.171. The Hall–Kier alpha value is -1.91. The van der Waals surface area contributed by atoms with Gasteiger partial charge in [-0.3, -0.25) is 0 Å². The van der Waals surface area contributed by atoms with E-state index >= 15 is 0 Å². The van der Waals surface area contributed by atoms with Gasteiger partial charge in [0.1, 0.15) is 0 Å².